The van der Waals surface area contributed by atoms with Crippen LogP contribution in [0.3, 0.4) is 0 Å². The molecular weight excluding hydrogens is 207 g/mol. The van der Waals surface area contributed by atoms with Gasteiger partial charge >= 0.3 is 10.9 Å². The molecule has 0 saturated carbocycles. The van der Waals surface area contributed by atoms with E-state index in [0.717, 1.165) is 6.42 Å². The number of ether oxygens (including phenoxy) is 2. The highest BCUT2D eigenvalue weighted by molar-refractivity contribution is 6.61. The Morgan fingerprint density at radius 1 is 1.25 bits per heavy atom. The molecular formula is C6H10Cl2O4. The topological polar surface area (TPSA) is 52.6 Å². The van der Waals surface area contributed by atoms with Gasteiger partial charge in [0.1, 0.15) is 0 Å². The fourth-order valence-electron chi connectivity index (χ4n) is 0.182. The molecule has 0 aromatic carbocycles. The van der Waals surface area contributed by atoms with Crippen LogP contribution in [0.15, 0.2) is 0 Å². The third-order valence-electron chi connectivity index (χ3n) is 0.580. The SMILES string of the molecule is CCCOC(=O)Cl.COC(=O)Cl. The monoisotopic (exact) mass is 216 g/mol. The lowest BCUT2D eigenvalue weighted by Gasteiger charge is -1.91. The minimum absolute atomic E-state index is 0.419. The lowest BCUT2D eigenvalue weighted by atomic mass is 10.5. The van der Waals surface area contributed by atoms with Crippen LogP contribution in [-0.4, -0.2) is 24.6 Å². The number of carbonyl (C=O) groups is 2. The summed E-state index contributed by atoms with van der Waals surface area (Å²) in [4.78, 5) is 19.1. The second kappa shape index (κ2) is 10.5. The largest absolute Gasteiger partial charge is 0.457 e. The van der Waals surface area contributed by atoms with Gasteiger partial charge in [-0.1, -0.05) is 6.92 Å². The summed E-state index contributed by atoms with van der Waals surface area (Å²) in [5, 5.41) is 0. The minimum Gasteiger partial charge on any atom is -0.457 e. The molecule has 0 bridgehead atoms. The third-order valence-corrected chi connectivity index (χ3v) is 0.844. The van der Waals surface area contributed by atoms with Crippen molar-refractivity contribution >= 4 is 34.1 Å². The van der Waals surface area contributed by atoms with E-state index in [1.807, 2.05) is 6.92 Å². The summed E-state index contributed by atoms with van der Waals surface area (Å²) in [6, 6.07) is 0. The van der Waals surface area contributed by atoms with E-state index in [-0.39, 0.29) is 0 Å². The highest BCUT2D eigenvalue weighted by atomic mass is 35.5. The minimum atomic E-state index is -0.773. The zero-order chi connectivity index (χ0) is 9.98. The van der Waals surface area contributed by atoms with E-state index >= 15 is 0 Å². The van der Waals surface area contributed by atoms with E-state index in [2.05, 4.69) is 21.1 Å². The van der Waals surface area contributed by atoms with Gasteiger partial charge in [0, 0.05) is 23.2 Å². The Morgan fingerprint density at radius 3 is 1.75 bits per heavy atom. The zero-order valence-corrected chi connectivity index (χ0v) is 8.31. The van der Waals surface area contributed by atoms with Crippen molar-refractivity contribution in [1.82, 2.24) is 0 Å². The van der Waals surface area contributed by atoms with Gasteiger partial charge in [0.15, 0.2) is 0 Å². The maximum Gasteiger partial charge on any atom is 0.403 e. The van der Waals surface area contributed by atoms with Crippen molar-refractivity contribution in [3.8, 4) is 0 Å². The summed E-state index contributed by atoms with van der Waals surface area (Å²) in [7, 11) is 1.22. The van der Waals surface area contributed by atoms with Crippen LogP contribution in [0.5, 0.6) is 0 Å². The van der Waals surface area contributed by atoms with Crippen molar-refractivity contribution in [2.24, 2.45) is 0 Å². The van der Waals surface area contributed by atoms with Crippen LogP contribution in [-0.2, 0) is 9.47 Å². The Hall–Kier alpha value is -0.480. The molecule has 0 aliphatic heterocycles. The lowest BCUT2D eigenvalue weighted by molar-refractivity contribution is 0.173. The van der Waals surface area contributed by atoms with E-state index in [9.17, 15) is 9.59 Å². The molecule has 0 atom stereocenters. The van der Waals surface area contributed by atoms with Crippen LogP contribution in [0.2, 0.25) is 0 Å². The molecule has 0 unspecified atom stereocenters. The molecule has 12 heavy (non-hydrogen) atoms. The lowest BCUT2D eigenvalue weighted by Crippen LogP contribution is -1.93. The number of halogens is 2. The molecule has 6 heteroatoms. The molecule has 0 aromatic heterocycles. The molecule has 0 rings (SSSR count). The molecule has 0 amide bonds. The van der Waals surface area contributed by atoms with Gasteiger partial charge in [-0.2, -0.15) is 0 Å². The summed E-state index contributed by atoms with van der Waals surface area (Å²) < 4.78 is 8.19. The standard InChI is InChI=1S/C4H7ClO2.C2H3ClO2/c1-2-3-7-4(5)6;1-5-2(3)4/h2-3H2,1H3;1H3. The first-order valence-electron chi connectivity index (χ1n) is 3.10. The van der Waals surface area contributed by atoms with Gasteiger partial charge in [-0.25, -0.2) is 9.59 Å². The third kappa shape index (κ3) is 22.7. The number of hydrogen-bond donors (Lipinski definition) is 0. The van der Waals surface area contributed by atoms with Gasteiger partial charge in [0.2, 0.25) is 0 Å². The second-order valence-corrected chi connectivity index (χ2v) is 2.15. The predicted molar refractivity (Wildman–Crippen MR) is 45.8 cm³/mol. The van der Waals surface area contributed by atoms with E-state index < -0.39 is 10.9 Å². The Labute approximate surface area is 80.7 Å². The number of carbonyl (C=O) groups excluding carboxylic acids is 2. The molecule has 0 aromatic rings. The van der Waals surface area contributed by atoms with Crippen molar-refractivity contribution in [3.05, 3.63) is 0 Å². The molecule has 4 nitrogen and oxygen atoms in total. The molecule has 0 spiro atoms. The quantitative estimate of drug-likeness (QED) is 0.667. The molecule has 0 saturated heterocycles. The van der Waals surface area contributed by atoms with Gasteiger partial charge < -0.3 is 9.47 Å². The molecule has 72 valence electrons. The Kier molecular flexibility index (Phi) is 12.3. The number of rotatable bonds is 2. The fraction of sp³-hybridized carbons (Fsp3) is 0.667. The fourth-order valence-corrected chi connectivity index (χ4v) is 0.259. The van der Waals surface area contributed by atoms with Crippen LogP contribution in [0, 0.1) is 0 Å². The van der Waals surface area contributed by atoms with E-state index in [4.69, 9.17) is 11.6 Å². The number of hydrogen-bond acceptors (Lipinski definition) is 4. The van der Waals surface area contributed by atoms with Crippen LogP contribution >= 0.6 is 23.2 Å². The van der Waals surface area contributed by atoms with Gasteiger partial charge in [-0.05, 0) is 6.42 Å². The summed E-state index contributed by atoms with van der Waals surface area (Å²) in [6.45, 7) is 2.32. The Morgan fingerprint density at radius 2 is 1.67 bits per heavy atom. The van der Waals surface area contributed by atoms with Crippen LogP contribution in [0.25, 0.3) is 0 Å². The van der Waals surface area contributed by atoms with Gasteiger partial charge in [-0.15, -0.1) is 0 Å². The van der Waals surface area contributed by atoms with Crippen molar-refractivity contribution in [2.45, 2.75) is 13.3 Å². The highest BCUT2D eigenvalue weighted by Gasteiger charge is 1.89. The Bertz CT molecular complexity index is 138. The number of methoxy groups -OCH3 is 1. The average Bonchev–Trinajstić information content (AvgIpc) is 2.02. The molecule has 0 aliphatic rings. The van der Waals surface area contributed by atoms with Crippen molar-refractivity contribution in [1.29, 1.82) is 0 Å². The molecule has 0 heterocycles. The van der Waals surface area contributed by atoms with E-state index in [0.29, 0.717) is 6.61 Å². The van der Waals surface area contributed by atoms with E-state index in [1.165, 1.54) is 7.11 Å². The van der Waals surface area contributed by atoms with Crippen molar-refractivity contribution in [3.63, 3.8) is 0 Å². The summed E-state index contributed by atoms with van der Waals surface area (Å²) in [5.74, 6) is 0. The van der Waals surface area contributed by atoms with Gasteiger partial charge in [-0.3, -0.25) is 0 Å². The highest BCUT2D eigenvalue weighted by Crippen LogP contribution is 1.86. The van der Waals surface area contributed by atoms with E-state index in [1.54, 1.807) is 0 Å². The summed E-state index contributed by atoms with van der Waals surface area (Å²) in [5.41, 5.74) is -1.49. The summed E-state index contributed by atoms with van der Waals surface area (Å²) >= 11 is 9.40. The first-order valence-corrected chi connectivity index (χ1v) is 3.85. The molecule has 0 fully saturated rings. The van der Waals surface area contributed by atoms with Crippen molar-refractivity contribution < 1.29 is 19.1 Å². The van der Waals surface area contributed by atoms with Gasteiger partial charge in [0.25, 0.3) is 0 Å². The normalized spacial score (nSPS) is 7.67. The first-order chi connectivity index (χ1) is 5.54. The summed E-state index contributed by atoms with van der Waals surface area (Å²) in [6.07, 6.45) is 0.818. The van der Waals surface area contributed by atoms with Crippen LogP contribution < -0.4 is 0 Å². The van der Waals surface area contributed by atoms with Crippen LogP contribution in [0.4, 0.5) is 9.59 Å². The maximum absolute atomic E-state index is 9.75. The van der Waals surface area contributed by atoms with Crippen LogP contribution in [0.1, 0.15) is 13.3 Å². The Balaban J connectivity index is 0. The van der Waals surface area contributed by atoms with Gasteiger partial charge in [0.05, 0.1) is 13.7 Å². The van der Waals surface area contributed by atoms with Crippen molar-refractivity contribution in [2.75, 3.05) is 13.7 Å². The molecule has 0 radical (unpaired) electrons. The average molecular weight is 217 g/mol. The predicted octanol–water partition coefficient (Wildman–Crippen LogP) is 2.76. The first kappa shape index (κ1) is 14.1. The second-order valence-electron chi connectivity index (χ2n) is 1.53. The smallest absolute Gasteiger partial charge is 0.403 e. The molecule has 0 aliphatic carbocycles. The maximum atomic E-state index is 9.75. The zero-order valence-electron chi connectivity index (χ0n) is 6.80. The molecule has 0 N–H and O–H groups in total.